The molecule has 0 radical (unpaired) electrons. The molecule has 1 fully saturated rings. The predicted octanol–water partition coefficient (Wildman–Crippen LogP) is 4.16. The SMILES string of the molecule is CC(C)c1ccc([C@H](N2CCNCC2)C(F)(F)F)cc1.Cl.Cl. The molecule has 0 spiro atoms. The Morgan fingerprint density at radius 3 is 1.82 bits per heavy atom. The minimum atomic E-state index is -4.24. The van der Waals surface area contributed by atoms with Gasteiger partial charge in [-0.3, -0.25) is 4.90 Å². The molecule has 1 N–H and O–H groups in total. The van der Waals surface area contributed by atoms with E-state index in [0.717, 1.165) is 5.56 Å². The molecular weight excluding hydrogens is 336 g/mol. The number of nitrogens with zero attached hydrogens (tertiary/aromatic N) is 1. The summed E-state index contributed by atoms with van der Waals surface area (Å²) in [5, 5.41) is 3.09. The van der Waals surface area contributed by atoms with Gasteiger partial charge < -0.3 is 5.32 Å². The Bertz CT molecular complexity index is 429. The fraction of sp³-hybridized carbons (Fsp3) is 0.600. The molecule has 7 heteroatoms. The van der Waals surface area contributed by atoms with Gasteiger partial charge >= 0.3 is 6.18 Å². The molecule has 0 saturated carbocycles. The van der Waals surface area contributed by atoms with Crippen LogP contribution in [0.3, 0.4) is 0 Å². The summed E-state index contributed by atoms with van der Waals surface area (Å²) in [6.45, 7) is 6.14. The second-order valence-corrected chi connectivity index (χ2v) is 5.55. The zero-order valence-electron chi connectivity index (χ0n) is 12.7. The molecule has 0 unspecified atom stereocenters. The van der Waals surface area contributed by atoms with Crippen molar-refractivity contribution >= 4 is 24.8 Å². The van der Waals surface area contributed by atoms with Crippen LogP contribution in [0, 0.1) is 0 Å². The minimum absolute atomic E-state index is 0. The molecule has 0 aliphatic carbocycles. The maximum atomic E-state index is 13.4. The van der Waals surface area contributed by atoms with Crippen molar-refractivity contribution in [2.45, 2.75) is 32.0 Å². The van der Waals surface area contributed by atoms with Crippen LogP contribution in [0.2, 0.25) is 0 Å². The third-order valence-corrected chi connectivity index (χ3v) is 3.75. The Kier molecular flexibility index (Phi) is 8.77. The number of piperazine rings is 1. The minimum Gasteiger partial charge on any atom is -0.314 e. The molecule has 2 nitrogen and oxygen atoms in total. The van der Waals surface area contributed by atoms with Crippen molar-refractivity contribution in [2.24, 2.45) is 0 Å². The second-order valence-electron chi connectivity index (χ2n) is 5.55. The Balaban J connectivity index is 0.00000220. The van der Waals surface area contributed by atoms with Gasteiger partial charge in [0.1, 0.15) is 6.04 Å². The van der Waals surface area contributed by atoms with E-state index in [1.54, 1.807) is 24.3 Å². The van der Waals surface area contributed by atoms with E-state index < -0.39 is 12.2 Å². The molecule has 2 rings (SSSR count). The molecule has 0 amide bonds. The van der Waals surface area contributed by atoms with Crippen molar-refractivity contribution in [3.05, 3.63) is 35.4 Å². The van der Waals surface area contributed by atoms with Gasteiger partial charge in [0.2, 0.25) is 0 Å². The third-order valence-electron chi connectivity index (χ3n) is 3.75. The highest BCUT2D eigenvalue weighted by molar-refractivity contribution is 5.85. The molecule has 0 aromatic heterocycles. The van der Waals surface area contributed by atoms with Gasteiger partial charge in [-0.05, 0) is 17.0 Å². The van der Waals surface area contributed by atoms with E-state index in [0.29, 0.717) is 37.7 Å². The summed E-state index contributed by atoms with van der Waals surface area (Å²) in [6.07, 6.45) is -4.24. The molecule has 1 aliphatic heterocycles. The molecule has 1 aromatic carbocycles. The molecule has 1 atom stereocenters. The molecule has 1 saturated heterocycles. The van der Waals surface area contributed by atoms with Crippen LogP contribution in [-0.2, 0) is 0 Å². The molecule has 22 heavy (non-hydrogen) atoms. The van der Waals surface area contributed by atoms with E-state index >= 15 is 0 Å². The van der Waals surface area contributed by atoms with Crippen molar-refractivity contribution in [1.29, 1.82) is 0 Å². The number of hydrogen-bond donors (Lipinski definition) is 1. The van der Waals surface area contributed by atoms with E-state index in [4.69, 9.17) is 0 Å². The number of halogens is 5. The lowest BCUT2D eigenvalue weighted by molar-refractivity contribution is -0.187. The number of alkyl halides is 3. The first-order valence-electron chi connectivity index (χ1n) is 7.01. The molecular formula is C15H23Cl2F3N2. The van der Waals surface area contributed by atoms with Crippen LogP contribution in [0.1, 0.15) is 36.9 Å². The number of benzene rings is 1. The highest BCUT2D eigenvalue weighted by Crippen LogP contribution is 2.38. The summed E-state index contributed by atoms with van der Waals surface area (Å²) >= 11 is 0. The van der Waals surface area contributed by atoms with E-state index in [1.807, 2.05) is 13.8 Å². The Hall–Kier alpha value is -0.490. The summed E-state index contributed by atoms with van der Waals surface area (Å²) in [5.41, 5.74) is 1.40. The fourth-order valence-electron chi connectivity index (χ4n) is 2.61. The first-order chi connectivity index (χ1) is 9.39. The standard InChI is InChI=1S/C15H21F3N2.2ClH/c1-11(2)12-3-5-13(6-4-12)14(15(16,17)18)20-9-7-19-8-10-20;;/h3-6,11,14,19H,7-10H2,1-2H3;2*1H/t14-;;/m0../s1. The van der Waals surface area contributed by atoms with Crippen LogP contribution < -0.4 is 5.32 Å². The van der Waals surface area contributed by atoms with Gasteiger partial charge in [-0.15, -0.1) is 24.8 Å². The van der Waals surface area contributed by atoms with Crippen LogP contribution in [0.15, 0.2) is 24.3 Å². The average molecular weight is 359 g/mol. The summed E-state index contributed by atoms with van der Waals surface area (Å²) in [6, 6.07) is 5.36. The summed E-state index contributed by atoms with van der Waals surface area (Å²) < 4.78 is 40.2. The quantitative estimate of drug-likeness (QED) is 0.872. The zero-order chi connectivity index (χ0) is 14.8. The third kappa shape index (κ3) is 5.30. The number of rotatable bonds is 3. The van der Waals surface area contributed by atoms with Gasteiger partial charge in [-0.25, -0.2) is 0 Å². The monoisotopic (exact) mass is 358 g/mol. The Labute approximate surface area is 142 Å². The van der Waals surface area contributed by atoms with Gasteiger partial charge in [0.15, 0.2) is 0 Å². The molecule has 0 bridgehead atoms. The molecule has 1 aliphatic rings. The van der Waals surface area contributed by atoms with Gasteiger partial charge in [0.25, 0.3) is 0 Å². The molecule has 1 aromatic rings. The van der Waals surface area contributed by atoms with Crippen LogP contribution in [0.5, 0.6) is 0 Å². The van der Waals surface area contributed by atoms with Crippen molar-refractivity contribution < 1.29 is 13.2 Å². The Morgan fingerprint density at radius 1 is 0.955 bits per heavy atom. The highest BCUT2D eigenvalue weighted by Gasteiger charge is 2.44. The number of nitrogens with one attached hydrogen (secondary N) is 1. The van der Waals surface area contributed by atoms with Gasteiger partial charge in [-0.1, -0.05) is 38.1 Å². The van der Waals surface area contributed by atoms with E-state index in [2.05, 4.69) is 5.32 Å². The van der Waals surface area contributed by atoms with Crippen LogP contribution in [0.4, 0.5) is 13.2 Å². The largest absolute Gasteiger partial charge is 0.408 e. The maximum absolute atomic E-state index is 13.4. The predicted molar refractivity (Wildman–Crippen MR) is 88.3 cm³/mol. The van der Waals surface area contributed by atoms with E-state index in [1.165, 1.54) is 4.90 Å². The lowest BCUT2D eigenvalue weighted by Crippen LogP contribution is -2.49. The topological polar surface area (TPSA) is 15.3 Å². The van der Waals surface area contributed by atoms with E-state index in [-0.39, 0.29) is 24.8 Å². The first-order valence-corrected chi connectivity index (χ1v) is 7.01. The van der Waals surface area contributed by atoms with Crippen molar-refractivity contribution in [1.82, 2.24) is 10.2 Å². The Morgan fingerprint density at radius 2 is 1.41 bits per heavy atom. The highest BCUT2D eigenvalue weighted by atomic mass is 35.5. The van der Waals surface area contributed by atoms with Crippen molar-refractivity contribution in [2.75, 3.05) is 26.2 Å². The average Bonchev–Trinajstić information content (AvgIpc) is 2.39. The first kappa shape index (κ1) is 21.5. The fourth-order valence-corrected chi connectivity index (χ4v) is 2.61. The smallest absolute Gasteiger partial charge is 0.314 e. The lowest BCUT2D eigenvalue weighted by Gasteiger charge is -2.36. The molecule has 1 heterocycles. The lowest BCUT2D eigenvalue weighted by atomic mass is 9.98. The van der Waals surface area contributed by atoms with Crippen molar-refractivity contribution in [3.8, 4) is 0 Å². The van der Waals surface area contributed by atoms with Gasteiger partial charge in [0.05, 0.1) is 0 Å². The van der Waals surface area contributed by atoms with Gasteiger partial charge in [-0.2, -0.15) is 13.2 Å². The molecule has 128 valence electrons. The van der Waals surface area contributed by atoms with Crippen LogP contribution in [0.25, 0.3) is 0 Å². The summed E-state index contributed by atoms with van der Waals surface area (Å²) in [5.74, 6) is 0.326. The van der Waals surface area contributed by atoms with E-state index in [9.17, 15) is 13.2 Å². The van der Waals surface area contributed by atoms with Gasteiger partial charge in [0, 0.05) is 26.2 Å². The maximum Gasteiger partial charge on any atom is 0.408 e. The summed E-state index contributed by atoms with van der Waals surface area (Å²) in [4.78, 5) is 1.51. The summed E-state index contributed by atoms with van der Waals surface area (Å²) in [7, 11) is 0. The van der Waals surface area contributed by atoms with Crippen molar-refractivity contribution in [3.63, 3.8) is 0 Å². The number of hydrogen-bond acceptors (Lipinski definition) is 2. The second kappa shape index (κ2) is 8.96. The normalized spacial score (nSPS) is 17.5. The van der Waals surface area contributed by atoms with Crippen LogP contribution >= 0.6 is 24.8 Å². The zero-order valence-corrected chi connectivity index (χ0v) is 14.3. The van der Waals surface area contributed by atoms with Crippen LogP contribution in [-0.4, -0.2) is 37.3 Å².